The average Bonchev–Trinajstić information content (AvgIpc) is 3.31. The van der Waals surface area contributed by atoms with Crippen molar-refractivity contribution in [2.24, 2.45) is 0 Å². The Balaban J connectivity index is 1.63. The molecule has 0 bridgehead atoms. The summed E-state index contributed by atoms with van der Waals surface area (Å²) in [4.78, 5) is 32.1. The SMILES string of the molecule is Cc1sc2nc(SCC(=O)Nc3cccc(Cl)c3)n(Cc3ccco3)c(=O)c2c1C. The Hall–Kier alpha value is -2.55. The summed E-state index contributed by atoms with van der Waals surface area (Å²) in [6, 6.07) is 10.5. The second kappa shape index (κ2) is 8.67. The fourth-order valence-electron chi connectivity index (χ4n) is 3.01. The Labute approximate surface area is 185 Å². The maximum atomic E-state index is 13.2. The topological polar surface area (TPSA) is 77.1 Å². The number of anilines is 1. The van der Waals surface area contributed by atoms with Gasteiger partial charge in [0.25, 0.3) is 5.56 Å². The molecule has 0 radical (unpaired) electrons. The molecule has 30 heavy (non-hydrogen) atoms. The Morgan fingerprint density at radius 1 is 1.30 bits per heavy atom. The van der Waals surface area contributed by atoms with E-state index in [1.165, 1.54) is 23.1 Å². The van der Waals surface area contributed by atoms with Gasteiger partial charge in [-0.1, -0.05) is 29.4 Å². The Morgan fingerprint density at radius 3 is 2.87 bits per heavy atom. The van der Waals surface area contributed by atoms with E-state index in [1.54, 1.807) is 41.2 Å². The van der Waals surface area contributed by atoms with Gasteiger partial charge in [-0.05, 0) is 49.7 Å². The molecule has 0 atom stereocenters. The molecule has 9 heteroatoms. The van der Waals surface area contributed by atoms with Gasteiger partial charge in [-0.3, -0.25) is 14.2 Å². The van der Waals surface area contributed by atoms with Crippen LogP contribution in [0, 0.1) is 13.8 Å². The number of aryl methyl sites for hydroxylation is 2. The highest BCUT2D eigenvalue weighted by atomic mass is 35.5. The Morgan fingerprint density at radius 2 is 2.13 bits per heavy atom. The van der Waals surface area contributed by atoms with Crippen LogP contribution in [0.15, 0.2) is 57.0 Å². The Kier molecular flexibility index (Phi) is 5.99. The van der Waals surface area contributed by atoms with Crippen LogP contribution in [0.2, 0.25) is 5.02 Å². The van der Waals surface area contributed by atoms with Gasteiger partial charge in [-0.15, -0.1) is 11.3 Å². The van der Waals surface area contributed by atoms with Gasteiger partial charge in [0.2, 0.25) is 5.91 Å². The highest BCUT2D eigenvalue weighted by Crippen LogP contribution is 2.29. The van der Waals surface area contributed by atoms with Crippen LogP contribution in [0.1, 0.15) is 16.2 Å². The molecule has 0 aliphatic carbocycles. The molecule has 0 unspecified atom stereocenters. The van der Waals surface area contributed by atoms with Gasteiger partial charge in [-0.2, -0.15) is 0 Å². The summed E-state index contributed by atoms with van der Waals surface area (Å²) in [6.07, 6.45) is 1.57. The summed E-state index contributed by atoms with van der Waals surface area (Å²) >= 11 is 8.67. The lowest BCUT2D eigenvalue weighted by atomic mass is 10.2. The highest BCUT2D eigenvalue weighted by Gasteiger charge is 2.18. The number of furan rings is 1. The van der Waals surface area contributed by atoms with Crippen molar-refractivity contribution in [2.45, 2.75) is 25.5 Å². The fraction of sp³-hybridized carbons (Fsp3) is 0.190. The summed E-state index contributed by atoms with van der Waals surface area (Å²) < 4.78 is 6.99. The van der Waals surface area contributed by atoms with Gasteiger partial charge in [-0.25, -0.2) is 4.98 Å². The molecule has 1 N–H and O–H groups in total. The molecule has 6 nitrogen and oxygen atoms in total. The van der Waals surface area contributed by atoms with Crippen molar-refractivity contribution in [3.8, 4) is 0 Å². The van der Waals surface area contributed by atoms with Crippen molar-refractivity contribution in [1.29, 1.82) is 0 Å². The number of nitrogens with zero attached hydrogens (tertiary/aromatic N) is 2. The standard InChI is InChI=1S/C21H18ClN3O3S2/c1-12-13(2)30-19-18(12)20(27)25(10-16-7-4-8-28-16)21(24-19)29-11-17(26)23-15-6-3-5-14(22)9-15/h3-9H,10-11H2,1-2H3,(H,23,26). The van der Waals surface area contributed by atoms with Crippen LogP contribution in [0.5, 0.6) is 0 Å². The zero-order valence-corrected chi connectivity index (χ0v) is 18.7. The third-order valence-electron chi connectivity index (χ3n) is 4.59. The van der Waals surface area contributed by atoms with E-state index in [4.69, 9.17) is 21.0 Å². The normalized spacial score (nSPS) is 11.2. The number of fused-ring (bicyclic) bond motifs is 1. The third kappa shape index (κ3) is 4.30. The van der Waals surface area contributed by atoms with Crippen LogP contribution in [0.25, 0.3) is 10.2 Å². The molecule has 4 rings (SSSR count). The first kappa shape index (κ1) is 20.7. The predicted octanol–water partition coefficient (Wildman–Crippen LogP) is 5.10. The van der Waals surface area contributed by atoms with Crippen molar-refractivity contribution >= 4 is 56.5 Å². The number of amides is 1. The van der Waals surface area contributed by atoms with Gasteiger partial charge >= 0.3 is 0 Å². The largest absolute Gasteiger partial charge is 0.467 e. The number of benzene rings is 1. The number of nitrogens with one attached hydrogen (secondary N) is 1. The number of halogens is 1. The van der Waals surface area contributed by atoms with E-state index in [0.717, 1.165) is 10.4 Å². The average molecular weight is 460 g/mol. The van der Waals surface area contributed by atoms with Crippen LogP contribution < -0.4 is 10.9 Å². The second-order valence-electron chi connectivity index (χ2n) is 6.68. The van der Waals surface area contributed by atoms with E-state index < -0.39 is 0 Å². The van der Waals surface area contributed by atoms with Gasteiger partial charge in [0.1, 0.15) is 10.6 Å². The zero-order chi connectivity index (χ0) is 21.3. The smallest absolute Gasteiger partial charge is 0.263 e. The van der Waals surface area contributed by atoms with Crippen LogP contribution in [-0.4, -0.2) is 21.2 Å². The number of carbonyl (C=O) groups is 1. The van der Waals surface area contributed by atoms with Gasteiger partial charge in [0.05, 0.1) is 23.9 Å². The molecular weight excluding hydrogens is 442 g/mol. The summed E-state index contributed by atoms with van der Waals surface area (Å²) in [5.74, 6) is 0.541. The van der Waals surface area contributed by atoms with Crippen LogP contribution in [0.4, 0.5) is 5.69 Å². The van der Waals surface area contributed by atoms with Gasteiger partial charge in [0.15, 0.2) is 5.16 Å². The van der Waals surface area contributed by atoms with E-state index in [-0.39, 0.29) is 23.8 Å². The van der Waals surface area contributed by atoms with E-state index in [9.17, 15) is 9.59 Å². The number of aromatic nitrogens is 2. The predicted molar refractivity (Wildman–Crippen MR) is 122 cm³/mol. The van der Waals surface area contributed by atoms with Crippen LogP contribution >= 0.6 is 34.7 Å². The van der Waals surface area contributed by atoms with E-state index >= 15 is 0 Å². The molecule has 0 saturated carbocycles. The number of hydrogen-bond acceptors (Lipinski definition) is 6. The van der Waals surface area contributed by atoms with Crippen LogP contribution in [0.3, 0.4) is 0 Å². The van der Waals surface area contributed by atoms with Crippen molar-refractivity contribution in [2.75, 3.05) is 11.1 Å². The number of thioether (sulfide) groups is 1. The van der Waals surface area contributed by atoms with E-state index in [1.807, 2.05) is 19.9 Å². The summed E-state index contributed by atoms with van der Waals surface area (Å²) in [5.41, 5.74) is 1.43. The van der Waals surface area contributed by atoms with Gasteiger partial charge in [0, 0.05) is 15.6 Å². The molecule has 0 aliphatic heterocycles. The summed E-state index contributed by atoms with van der Waals surface area (Å²) in [5, 5.41) is 4.45. The lowest BCUT2D eigenvalue weighted by Gasteiger charge is -2.11. The van der Waals surface area contributed by atoms with Crippen molar-refractivity contribution in [3.63, 3.8) is 0 Å². The molecule has 0 aliphatic rings. The van der Waals surface area contributed by atoms with Crippen molar-refractivity contribution in [3.05, 3.63) is 74.2 Å². The lowest BCUT2D eigenvalue weighted by Crippen LogP contribution is -2.24. The zero-order valence-electron chi connectivity index (χ0n) is 16.3. The molecule has 4 aromatic rings. The van der Waals surface area contributed by atoms with Gasteiger partial charge < -0.3 is 9.73 Å². The molecular formula is C21H18ClN3O3S2. The molecule has 154 valence electrons. The quantitative estimate of drug-likeness (QED) is 0.320. The summed E-state index contributed by atoms with van der Waals surface area (Å²) in [7, 11) is 0. The lowest BCUT2D eigenvalue weighted by molar-refractivity contribution is -0.113. The van der Waals surface area contributed by atoms with Crippen LogP contribution in [-0.2, 0) is 11.3 Å². The maximum Gasteiger partial charge on any atom is 0.263 e. The molecule has 0 saturated heterocycles. The molecule has 3 heterocycles. The minimum Gasteiger partial charge on any atom is -0.467 e. The minimum atomic E-state index is -0.209. The second-order valence-corrected chi connectivity index (χ2v) is 9.26. The minimum absolute atomic E-state index is 0.103. The van der Waals surface area contributed by atoms with Crippen molar-refractivity contribution in [1.82, 2.24) is 9.55 Å². The monoisotopic (exact) mass is 459 g/mol. The Bertz CT molecular complexity index is 1280. The number of hydrogen-bond donors (Lipinski definition) is 1. The third-order valence-corrected chi connectivity index (χ3v) is 6.90. The molecule has 0 spiro atoms. The highest BCUT2D eigenvalue weighted by molar-refractivity contribution is 7.99. The van der Waals surface area contributed by atoms with Crippen molar-refractivity contribution < 1.29 is 9.21 Å². The van der Waals surface area contributed by atoms with E-state index in [2.05, 4.69) is 5.32 Å². The first-order valence-electron chi connectivity index (χ1n) is 9.13. The first-order valence-corrected chi connectivity index (χ1v) is 11.3. The number of rotatable bonds is 6. The first-order chi connectivity index (χ1) is 14.4. The van der Waals surface area contributed by atoms with E-state index in [0.29, 0.717) is 31.8 Å². The molecule has 0 fully saturated rings. The fourth-order valence-corrected chi connectivity index (χ4v) is 5.07. The number of thiophene rings is 1. The number of carbonyl (C=O) groups excluding carboxylic acids is 1. The molecule has 1 amide bonds. The molecule has 1 aromatic carbocycles. The molecule has 3 aromatic heterocycles. The maximum absolute atomic E-state index is 13.2. The summed E-state index contributed by atoms with van der Waals surface area (Å²) in [6.45, 7) is 4.16.